The van der Waals surface area contributed by atoms with Crippen LogP contribution in [-0.2, 0) is 9.59 Å². The highest BCUT2D eigenvalue weighted by Gasteiger charge is 2.20. The van der Waals surface area contributed by atoms with Crippen molar-refractivity contribution in [3.8, 4) is 5.75 Å². The zero-order chi connectivity index (χ0) is 17.2. The first kappa shape index (κ1) is 19.5. The van der Waals surface area contributed by atoms with Crippen molar-refractivity contribution < 1.29 is 14.3 Å². The molecule has 0 bridgehead atoms. The molecule has 0 aliphatic rings. The Hall–Kier alpha value is -1.55. The topological polar surface area (TPSA) is 46.6 Å². The first-order valence-electron chi connectivity index (χ1n) is 8.09. The fourth-order valence-corrected chi connectivity index (χ4v) is 2.71. The molecule has 0 aliphatic carbocycles. The summed E-state index contributed by atoms with van der Waals surface area (Å²) in [4.78, 5) is 24.4. The molecule has 1 amide bonds. The molecule has 128 valence electrons. The molecule has 1 aromatic rings. The number of aldehydes is 1. The predicted octanol–water partition coefficient (Wildman–Crippen LogP) is 4.03. The minimum atomic E-state index is -0.287. The first-order chi connectivity index (χ1) is 11.1. The van der Waals surface area contributed by atoms with Crippen LogP contribution in [0.4, 0.5) is 5.69 Å². The van der Waals surface area contributed by atoms with Crippen molar-refractivity contribution in [3.05, 3.63) is 23.3 Å². The second-order valence-corrected chi connectivity index (χ2v) is 5.84. The summed E-state index contributed by atoms with van der Waals surface area (Å²) in [6, 6.07) is 3.82. The molecule has 1 aromatic carbocycles. The summed E-state index contributed by atoms with van der Waals surface area (Å²) < 4.78 is 5.86. The first-order valence-corrected chi connectivity index (χ1v) is 8.63. The molecular weight excluding hydrogens is 314 g/mol. The standard InChI is InChI=1S/C18H26ClNO3/c1-4-5-6-7-12-23-16-9-8-14(2)18(15(16)3)20(10-11-21)17(22)13-19/h8-9,11H,4-7,10,12-13H2,1-3H3. The number of benzene rings is 1. The zero-order valence-electron chi connectivity index (χ0n) is 14.2. The van der Waals surface area contributed by atoms with Gasteiger partial charge in [0.25, 0.3) is 0 Å². The lowest BCUT2D eigenvalue weighted by molar-refractivity contribution is -0.117. The van der Waals surface area contributed by atoms with Crippen LogP contribution >= 0.6 is 11.6 Å². The quantitative estimate of drug-likeness (QED) is 0.367. The number of amides is 1. The smallest absolute Gasteiger partial charge is 0.242 e. The van der Waals surface area contributed by atoms with Crippen molar-refractivity contribution in [2.45, 2.75) is 46.5 Å². The van der Waals surface area contributed by atoms with Gasteiger partial charge >= 0.3 is 0 Å². The van der Waals surface area contributed by atoms with Crippen LogP contribution in [0.3, 0.4) is 0 Å². The van der Waals surface area contributed by atoms with E-state index in [9.17, 15) is 9.59 Å². The van der Waals surface area contributed by atoms with Gasteiger partial charge in [0.1, 0.15) is 17.9 Å². The number of aryl methyl sites for hydroxylation is 1. The van der Waals surface area contributed by atoms with E-state index in [4.69, 9.17) is 16.3 Å². The molecule has 0 radical (unpaired) electrons. The van der Waals surface area contributed by atoms with Crippen molar-refractivity contribution in [3.63, 3.8) is 0 Å². The minimum Gasteiger partial charge on any atom is -0.493 e. The fraction of sp³-hybridized carbons (Fsp3) is 0.556. The SMILES string of the molecule is CCCCCCOc1ccc(C)c(N(CC=O)C(=O)CCl)c1C. The van der Waals surface area contributed by atoms with Crippen molar-refractivity contribution in [1.29, 1.82) is 0 Å². The van der Waals surface area contributed by atoms with Gasteiger partial charge in [0, 0.05) is 5.56 Å². The van der Waals surface area contributed by atoms with Gasteiger partial charge in [-0.3, -0.25) is 4.79 Å². The van der Waals surface area contributed by atoms with E-state index in [1.807, 2.05) is 26.0 Å². The monoisotopic (exact) mass is 339 g/mol. The highest BCUT2D eigenvalue weighted by atomic mass is 35.5. The molecule has 0 unspecified atom stereocenters. The fourth-order valence-electron chi connectivity index (χ4n) is 2.56. The van der Waals surface area contributed by atoms with E-state index in [0.29, 0.717) is 18.6 Å². The molecule has 0 saturated heterocycles. The molecular formula is C18H26ClNO3. The molecule has 0 saturated carbocycles. The molecule has 1 rings (SSSR count). The Kier molecular flexibility index (Phi) is 8.70. The number of ether oxygens (including phenoxy) is 1. The van der Waals surface area contributed by atoms with Crippen molar-refractivity contribution in [2.24, 2.45) is 0 Å². The lowest BCUT2D eigenvalue weighted by atomic mass is 10.1. The second-order valence-electron chi connectivity index (χ2n) is 5.57. The van der Waals surface area contributed by atoms with E-state index < -0.39 is 0 Å². The number of unbranched alkanes of at least 4 members (excludes halogenated alkanes) is 3. The van der Waals surface area contributed by atoms with E-state index in [2.05, 4.69) is 6.92 Å². The van der Waals surface area contributed by atoms with E-state index in [0.717, 1.165) is 29.7 Å². The van der Waals surface area contributed by atoms with Crippen molar-refractivity contribution in [1.82, 2.24) is 0 Å². The third-order valence-electron chi connectivity index (χ3n) is 3.78. The molecule has 0 fully saturated rings. The average molecular weight is 340 g/mol. The highest BCUT2D eigenvalue weighted by Crippen LogP contribution is 2.32. The predicted molar refractivity (Wildman–Crippen MR) is 94.7 cm³/mol. The Morgan fingerprint density at radius 3 is 2.61 bits per heavy atom. The van der Waals surface area contributed by atoms with Gasteiger partial charge in [0.2, 0.25) is 5.91 Å². The van der Waals surface area contributed by atoms with Crippen LogP contribution in [0.2, 0.25) is 0 Å². The number of rotatable bonds is 10. The van der Waals surface area contributed by atoms with Gasteiger partial charge in [0.15, 0.2) is 0 Å². The normalized spacial score (nSPS) is 10.4. The minimum absolute atomic E-state index is 0.00676. The summed E-state index contributed by atoms with van der Waals surface area (Å²) in [6.45, 7) is 6.64. The van der Waals surface area contributed by atoms with Crippen LogP contribution in [0.1, 0.15) is 43.7 Å². The van der Waals surface area contributed by atoms with Gasteiger partial charge in [-0.2, -0.15) is 0 Å². The molecule has 0 atom stereocenters. The third kappa shape index (κ3) is 5.54. The molecule has 4 nitrogen and oxygen atoms in total. The van der Waals surface area contributed by atoms with E-state index in [-0.39, 0.29) is 18.3 Å². The summed E-state index contributed by atoms with van der Waals surface area (Å²) in [5.74, 6) is 0.305. The average Bonchev–Trinajstić information content (AvgIpc) is 2.55. The maximum atomic E-state index is 12.0. The highest BCUT2D eigenvalue weighted by molar-refractivity contribution is 6.29. The van der Waals surface area contributed by atoms with Crippen molar-refractivity contribution >= 4 is 29.5 Å². The molecule has 0 spiro atoms. The summed E-state index contributed by atoms with van der Waals surface area (Å²) in [5.41, 5.74) is 2.50. The van der Waals surface area contributed by atoms with Crippen LogP contribution in [0.25, 0.3) is 0 Å². The Morgan fingerprint density at radius 1 is 1.26 bits per heavy atom. The van der Waals surface area contributed by atoms with Gasteiger partial charge in [0.05, 0.1) is 18.8 Å². The molecule has 5 heteroatoms. The van der Waals surface area contributed by atoms with Crippen LogP contribution in [0.15, 0.2) is 12.1 Å². The Bertz CT molecular complexity index is 531. The molecule has 23 heavy (non-hydrogen) atoms. The van der Waals surface area contributed by atoms with E-state index in [1.165, 1.54) is 17.7 Å². The maximum absolute atomic E-state index is 12.0. The van der Waals surface area contributed by atoms with Gasteiger partial charge < -0.3 is 14.4 Å². The Morgan fingerprint density at radius 2 is 2.00 bits per heavy atom. The van der Waals surface area contributed by atoms with Gasteiger partial charge in [-0.15, -0.1) is 11.6 Å². The van der Waals surface area contributed by atoms with Gasteiger partial charge in [-0.25, -0.2) is 0 Å². The number of halogens is 1. The lowest BCUT2D eigenvalue weighted by Gasteiger charge is -2.25. The maximum Gasteiger partial charge on any atom is 0.242 e. The van der Waals surface area contributed by atoms with Crippen molar-refractivity contribution in [2.75, 3.05) is 23.9 Å². The number of alkyl halides is 1. The number of hydrogen-bond donors (Lipinski definition) is 0. The van der Waals surface area contributed by atoms with E-state index in [1.54, 1.807) is 0 Å². The molecule has 0 N–H and O–H groups in total. The lowest BCUT2D eigenvalue weighted by Crippen LogP contribution is -2.34. The summed E-state index contributed by atoms with van der Waals surface area (Å²) in [6.07, 6.45) is 5.26. The Labute approximate surface area is 143 Å². The third-order valence-corrected chi connectivity index (χ3v) is 4.01. The summed E-state index contributed by atoms with van der Waals surface area (Å²) in [7, 11) is 0. The molecule has 0 aromatic heterocycles. The molecule has 0 aliphatic heterocycles. The molecule has 0 heterocycles. The largest absolute Gasteiger partial charge is 0.493 e. The van der Waals surface area contributed by atoms with Gasteiger partial charge in [-0.1, -0.05) is 32.3 Å². The summed E-state index contributed by atoms with van der Waals surface area (Å²) >= 11 is 5.67. The van der Waals surface area contributed by atoms with Crippen LogP contribution in [0.5, 0.6) is 5.75 Å². The summed E-state index contributed by atoms with van der Waals surface area (Å²) in [5, 5.41) is 0. The van der Waals surface area contributed by atoms with Gasteiger partial charge in [-0.05, 0) is 31.9 Å². The number of carbonyl (C=O) groups is 2. The van der Waals surface area contributed by atoms with E-state index >= 15 is 0 Å². The zero-order valence-corrected chi connectivity index (χ0v) is 15.0. The number of carbonyl (C=O) groups excluding carboxylic acids is 2. The number of hydrogen-bond acceptors (Lipinski definition) is 3. The van der Waals surface area contributed by atoms with Crippen LogP contribution < -0.4 is 9.64 Å². The van der Waals surface area contributed by atoms with Crippen LogP contribution in [0, 0.1) is 13.8 Å². The Balaban J connectivity index is 2.96. The van der Waals surface area contributed by atoms with Crippen LogP contribution in [-0.4, -0.2) is 31.2 Å². The number of anilines is 1. The second kappa shape index (κ2) is 10.3. The number of nitrogens with zero attached hydrogens (tertiary/aromatic N) is 1.